The number of rotatable bonds is 5. The van der Waals surface area contributed by atoms with E-state index in [2.05, 4.69) is 9.89 Å². The smallest absolute Gasteiger partial charge is 0.406 e. The number of sulfone groups is 1. The van der Waals surface area contributed by atoms with Gasteiger partial charge in [-0.3, -0.25) is 0 Å². The summed E-state index contributed by atoms with van der Waals surface area (Å²) in [5.74, 6) is -0.529. The first-order valence-corrected chi connectivity index (χ1v) is 8.28. The van der Waals surface area contributed by atoms with Crippen LogP contribution in [0.1, 0.15) is 29.2 Å². The second-order valence-electron chi connectivity index (χ2n) is 5.00. The number of alkyl halides is 3. The molecule has 0 saturated carbocycles. The number of aryl methyl sites for hydroxylation is 1. The van der Waals surface area contributed by atoms with Crippen molar-refractivity contribution in [3.8, 4) is 5.75 Å². The van der Waals surface area contributed by atoms with Gasteiger partial charge in [-0.15, -0.1) is 13.2 Å². The molecule has 1 unspecified atom stereocenters. The Morgan fingerprint density at radius 2 is 1.87 bits per heavy atom. The predicted molar refractivity (Wildman–Crippen MR) is 75.4 cm³/mol. The van der Waals surface area contributed by atoms with Crippen molar-refractivity contribution >= 4 is 9.84 Å². The lowest BCUT2D eigenvalue weighted by Crippen LogP contribution is -2.17. The van der Waals surface area contributed by atoms with Gasteiger partial charge in [0, 0.05) is 6.07 Å². The zero-order valence-electron chi connectivity index (χ0n) is 12.3. The van der Waals surface area contributed by atoms with E-state index < -0.39 is 27.2 Å². The van der Waals surface area contributed by atoms with Crippen LogP contribution in [0, 0.1) is 6.92 Å². The van der Waals surface area contributed by atoms with Gasteiger partial charge in [-0.05, 0) is 31.5 Å². The van der Waals surface area contributed by atoms with E-state index in [1.54, 1.807) is 6.92 Å². The summed E-state index contributed by atoms with van der Waals surface area (Å²) in [5.41, 5.74) is 0.923. The van der Waals surface area contributed by atoms with Gasteiger partial charge in [0.05, 0.1) is 10.9 Å². The molecule has 126 valence electrons. The third-order valence-electron chi connectivity index (χ3n) is 3.14. The molecule has 9 heteroatoms. The van der Waals surface area contributed by atoms with E-state index in [9.17, 15) is 21.6 Å². The number of halogens is 3. The van der Waals surface area contributed by atoms with Gasteiger partial charge in [-0.1, -0.05) is 17.3 Å². The summed E-state index contributed by atoms with van der Waals surface area (Å²) in [4.78, 5) is 0. The number of aromatic nitrogens is 1. The molecule has 2 rings (SSSR count). The molecule has 2 aromatic rings. The van der Waals surface area contributed by atoms with Crippen molar-refractivity contribution in [2.24, 2.45) is 0 Å². The first kappa shape index (κ1) is 17.3. The summed E-state index contributed by atoms with van der Waals surface area (Å²) in [5, 5.41) is 2.71. The van der Waals surface area contributed by atoms with E-state index in [1.807, 2.05) is 0 Å². The molecular formula is C14H14F3NO4S. The van der Waals surface area contributed by atoms with Crippen LogP contribution in [0.15, 0.2) is 34.9 Å². The van der Waals surface area contributed by atoms with Crippen LogP contribution in [0.4, 0.5) is 13.2 Å². The summed E-state index contributed by atoms with van der Waals surface area (Å²) < 4.78 is 69.6. The first-order valence-electron chi connectivity index (χ1n) is 6.56. The van der Waals surface area contributed by atoms with Gasteiger partial charge in [0.15, 0.2) is 15.6 Å². The van der Waals surface area contributed by atoms with E-state index in [0.717, 1.165) is 12.1 Å². The normalized spacial score (nSPS) is 13.8. The summed E-state index contributed by atoms with van der Waals surface area (Å²) >= 11 is 0. The molecule has 0 spiro atoms. The molecule has 0 fully saturated rings. The molecule has 0 aliphatic heterocycles. The fourth-order valence-corrected chi connectivity index (χ4v) is 3.31. The molecule has 0 amide bonds. The number of hydrogen-bond acceptors (Lipinski definition) is 5. The zero-order chi connectivity index (χ0) is 17.3. The van der Waals surface area contributed by atoms with Gasteiger partial charge in [0.25, 0.3) is 0 Å². The van der Waals surface area contributed by atoms with Crippen molar-refractivity contribution in [3.05, 3.63) is 47.3 Å². The average molecular weight is 349 g/mol. The Balaban J connectivity index is 2.14. The second-order valence-corrected chi connectivity index (χ2v) is 7.32. The van der Waals surface area contributed by atoms with Gasteiger partial charge in [-0.2, -0.15) is 0 Å². The SMILES string of the molecule is Cc1cc(CS(=O)(=O)C(C)c2ccc(OC(F)(F)F)cc2)on1. The minimum Gasteiger partial charge on any atom is -0.406 e. The first-order chi connectivity index (χ1) is 10.6. The van der Waals surface area contributed by atoms with Crippen molar-refractivity contribution in [1.29, 1.82) is 0 Å². The molecule has 0 saturated heterocycles. The van der Waals surface area contributed by atoms with E-state index in [-0.39, 0.29) is 11.5 Å². The summed E-state index contributed by atoms with van der Waals surface area (Å²) in [6.07, 6.45) is -4.79. The Kier molecular flexibility index (Phi) is 4.69. The molecule has 0 aliphatic rings. The summed E-state index contributed by atoms with van der Waals surface area (Å²) in [6, 6.07) is 6.25. The van der Waals surface area contributed by atoms with Crippen molar-refractivity contribution in [2.75, 3.05) is 0 Å². The predicted octanol–water partition coefficient (Wildman–Crippen LogP) is 3.56. The highest BCUT2D eigenvalue weighted by molar-refractivity contribution is 7.90. The molecule has 1 atom stereocenters. The van der Waals surface area contributed by atoms with Gasteiger partial charge >= 0.3 is 6.36 Å². The zero-order valence-corrected chi connectivity index (χ0v) is 13.1. The maximum Gasteiger partial charge on any atom is 0.573 e. The number of nitrogens with zero attached hydrogens (tertiary/aromatic N) is 1. The van der Waals surface area contributed by atoms with Crippen LogP contribution in [0.3, 0.4) is 0 Å². The lowest BCUT2D eigenvalue weighted by molar-refractivity contribution is -0.274. The highest BCUT2D eigenvalue weighted by Gasteiger charge is 2.31. The second kappa shape index (κ2) is 6.23. The third kappa shape index (κ3) is 4.72. The lowest BCUT2D eigenvalue weighted by atomic mass is 10.1. The van der Waals surface area contributed by atoms with Crippen LogP contribution >= 0.6 is 0 Å². The average Bonchev–Trinajstić information content (AvgIpc) is 2.81. The number of hydrogen-bond donors (Lipinski definition) is 0. The van der Waals surface area contributed by atoms with Crippen LogP contribution < -0.4 is 4.74 Å². The Bertz CT molecular complexity index is 766. The molecule has 0 N–H and O–H groups in total. The Hall–Kier alpha value is -2.03. The molecule has 1 heterocycles. The number of ether oxygens (including phenoxy) is 1. The van der Waals surface area contributed by atoms with Gasteiger partial charge in [0.2, 0.25) is 0 Å². The summed E-state index contributed by atoms with van der Waals surface area (Å²) in [7, 11) is -3.60. The quantitative estimate of drug-likeness (QED) is 0.825. The topological polar surface area (TPSA) is 69.4 Å². The van der Waals surface area contributed by atoms with Gasteiger partial charge in [-0.25, -0.2) is 8.42 Å². The molecule has 1 aromatic heterocycles. The fraction of sp³-hybridized carbons (Fsp3) is 0.357. The maximum atomic E-state index is 12.3. The van der Waals surface area contributed by atoms with Crippen LogP contribution in [-0.4, -0.2) is 19.9 Å². The third-order valence-corrected chi connectivity index (χ3v) is 5.18. The molecule has 5 nitrogen and oxygen atoms in total. The number of benzene rings is 1. The van der Waals surface area contributed by atoms with Crippen molar-refractivity contribution < 1.29 is 30.8 Å². The highest BCUT2D eigenvalue weighted by atomic mass is 32.2. The van der Waals surface area contributed by atoms with Crippen LogP contribution in [-0.2, 0) is 15.6 Å². The molecular weight excluding hydrogens is 335 g/mol. The molecule has 1 aromatic carbocycles. The van der Waals surface area contributed by atoms with E-state index in [0.29, 0.717) is 11.3 Å². The van der Waals surface area contributed by atoms with E-state index >= 15 is 0 Å². The Morgan fingerprint density at radius 3 is 2.35 bits per heavy atom. The minimum absolute atomic E-state index is 0.214. The van der Waals surface area contributed by atoms with Crippen LogP contribution in [0.2, 0.25) is 0 Å². The minimum atomic E-state index is -4.79. The lowest BCUT2D eigenvalue weighted by Gasteiger charge is -2.14. The fourth-order valence-electron chi connectivity index (χ4n) is 1.96. The standard InChI is InChI=1S/C14H14F3NO4S/c1-9-7-13(22-18-9)8-23(19,20)10(2)11-3-5-12(6-4-11)21-14(15,16)17/h3-7,10H,8H2,1-2H3. The maximum absolute atomic E-state index is 12.3. The van der Waals surface area contributed by atoms with Crippen molar-refractivity contribution in [1.82, 2.24) is 5.16 Å². The van der Waals surface area contributed by atoms with Crippen LogP contribution in [0.5, 0.6) is 5.75 Å². The molecule has 23 heavy (non-hydrogen) atoms. The molecule has 0 radical (unpaired) electrons. The molecule has 0 aliphatic carbocycles. The largest absolute Gasteiger partial charge is 0.573 e. The Morgan fingerprint density at radius 1 is 1.26 bits per heavy atom. The molecule has 0 bridgehead atoms. The summed E-state index contributed by atoms with van der Waals surface area (Å²) in [6.45, 7) is 3.13. The van der Waals surface area contributed by atoms with Gasteiger partial charge in [0.1, 0.15) is 11.5 Å². The van der Waals surface area contributed by atoms with Crippen molar-refractivity contribution in [2.45, 2.75) is 31.2 Å². The van der Waals surface area contributed by atoms with Gasteiger partial charge < -0.3 is 9.26 Å². The monoisotopic (exact) mass is 349 g/mol. The van der Waals surface area contributed by atoms with Crippen molar-refractivity contribution in [3.63, 3.8) is 0 Å². The van der Waals surface area contributed by atoms with Crippen LogP contribution in [0.25, 0.3) is 0 Å². The van der Waals surface area contributed by atoms with E-state index in [4.69, 9.17) is 4.52 Å². The van der Waals surface area contributed by atoms with E-state index in [1.165, 1.54) is 25.1 Å². The highest BCUT2D eigenvalue weighted by Crippen LogP contribution is 2.29. The Labute approximate surface area is 131 Å².